The molecule has 2 aliphatic rings. The number of ether oxygens (including phenoxy) is 1. The summed E-state index contributed by atoms with van der Waals surface area (Å²) in [6.45, 7) is 0.0159. The summed E-state index contributed by atoms with van der Waals surface area (Å²) in [4.78, 5) is 36.4. The van der Waals surface area contributed by atoms with Crippen molar-refractivity contribution in [3.8, 4) is 0 Å². The van der Waals surface area contributed by atoms with Gasteiger partial charge in [0, 0.05) is 19.1 Å². The van der Waals surface area contributed by atoms with Crippen molar-refractivity contribution in [2.24, 2.45) is 5.73 Å². The molecule has 2 fully saturated rings. The number of carboxylic acid groups (broad SMARTS) is 1. The number of hydrogen-bond donors (Lipinski definition) is 3. The number of hydrogen-bond acceptors (Lipinski definition) is 4. The highest BCUT2D eigenvalue weighted by molar-refractivity contribution is 5.89. The summed E-state index contributed by atoms with van der Waals surface area (Å²) in [6, 6.07) is -0.626. The van der Waals surface area contributed by atoms with Crippen molar-refractivity contribution in [3.05, 3.63) is 0 Å². The molecule has 21 heavy (non-hydrogen) atoms. The van der Waals surface area contributed by atoms with Crippen LogP contribution in [0, 0.1) is 0 Å². The van der Waals surface area contributed by atoms with Crippen molar-refractivity contribution < 1.29 is 24.2 Å². The molecular weight excluding hydrogens is 278 g/mol. The molecule has 0 aromatic heterocycles. The third kappa shape index (κ3) is 3.44. The zero-order valence-electron chi connectivity index (χ0n) is 11.8. The van der Waals surface area contributed by atoms with Crippen LogP contribution in [0.15, 0.2) is 0 Å². The zero-order chi connectivity index (χ0) is 15.5. The third-order valence-corrected chi connectivity index (χ3v) is 4.13. The fourth-order valence-electron chi connectivity index (χ4n) is 2.91. The van der Waals surface area contributed by atoms with Crippen LogP contribution >= 0.6 is 0 Å². The van der Waals surface area contributed by atoms with E-state index in [0.29, 0.717) is 0 Å². The summed E-state index contributed by atoms with van der Waals surface area (Å²) in [5.74, 6) is -1.73. The first-order valence-electron chi connectivity index (χ1n) is 7.13. The van der Waals surface area contributed by atoms with Crippen LogP contribution in [0.3, 0.4) is 0 Å². The van der Waals surface area contributed by atoms with Crippen LogP contribution in [0.5, 0.6) is 0 Å². The van der Waals surface area contributed by atoms with Crippen LogP contribution in [-0.4, -0.2) is 59.3 Å². The van der Waals surface area contributed by atoms with Crippen LogP contribution in [-0.2, 0) is 14.3 Å². The van der Waals surface area contributed by atoms with Gasteiger partial charge < -0.3 is 25.8 Å². The van der Waals surface area contributed by atoms with Gasteiger partial charge in [-0.3, -0.25) is 4.79 Å². The van der Waals surface area contributed by atoms with Gasteiger partial charge in [-0.2, -0.15) is 0 Å². The van der Waals surface area contributed by atoms with E-state index >= 15 is 0 Å². The molecular formula is C13H21N3O5. The Morgan fingerprint density at radius 1 is 1.33 bits per heavy atom. The lowest BCUT2D eigenvalue weighted by atomic mass is 9.99. The molecule has 1 saturated heterocycles. The fourth-order valence-corrected chi connectivity index (χ4v) is 2.91. The molecule has 0 spiro atoms. The first kappa shape index (κ1) is 15.6. The maximum atomic E-state index is 12.4. The molecule has 0 radical (unpaired) electrons. The number of nitrogens with one attached hydrogen (secondary N) is 1. The van der Waals surface area contributed by atoms with Gasteiger partial charge in [0.05, 0.1) is 6.61 Å². The number of nitrogens with two attached hydrogens (primary N) is 1. The Labute approximate surface area is 122 Å². The molecule has 3 amide bonds. The highest BCUT2D eigenvalue weighted by atomic mass is 16.5. The molecule has 118 valence electrons. The van der Waals surface area contributed by atoms with Crippen molar-refractivity contribution in [1.82, 2.24) is 10.2 Å². The van der Waals surface area contributed by atoms with Crippen LogP contribution in [0.2, 0.25) is 0 Å². The Morgan fingerprint density at radius 3 is 2.48 bits per heavy atom. The number of carbonyl (C=O) groups is 3. The molecule has 1 aliphatic carbocycles. The fraction of sp³-hybridized carbons (Fsp3) is 0.769. The van der Waals surface area contributed by atoms with E-state index in [2.05, 4.69) is 5.32 Å². The minimum absolute atomic E-state index is 0.0642. The highest BCUT2D eigenvalue weighted by Crippen LogP contribution is 2.25. The van der Waals surface area contributed by atoms with Gasteiger partial charge in [0.2, 0.25) is 5.91 Å². The van der Waals surface area contributed by atoms with Crippen molar-refractivity contribution >= 4 is 17.9 Å². The quantitative estimate of drug-likeness (QED) is 0.641. The first-order chi connectivity index (χ1) is 9.94. The maximum absolute atomic E-state index is 12.4. The summed E-state index contributed by atoms with van der Waals surface area (Å²) >= 11 is 0. The lowest BCUT2D eigenvalue weighted by Crippen LogP contribution is -2.60. The van der Waals surface area contributed by atoms with Crippen molar-refractivity contribution in [2.75, 3.05) is 19.8 Å². The second kappa shape index (κ2) is 6.30. The molecule has 8 heteroatoms. The molecule has 1 heterocycles. The minimum Gasteiger partial charge on any atom is -0.479 e. The standard InChI is InChI=1S/C13H21N3O5/c14-10(17)7-16(9-3-1-2-4-9)12(20)15-13(11(18)19)5-6-21-8-13/h9H,1-8H2,(H2,14,17)(H,15,20)(H,18,19). The second-order valence-corrected chi connectivity index (χ2v) is 5.65. The third-order valence-electron chi connectivity index (χ3n) is 4.13. The average Bonchev–Trinajstić information content (AvgIpc) is 3.07. The van der Waals surface area contributed by atoms with Crippen LogP contribution < -0.4 is 11.1 Å². The van der Waals surface area contributed by atoms with E-state index in [9.17, 15) is 19.5 Å². The number of nitrogens with zero attached hydrogens (tertiary/aromatic N) is 1. The Morgan fingerprint density at radius 2 is 2.00 bits per heavy atom. The van der Waals surface area contributed by atoms with Crippen LogP contribution in [0.1, 0.15) is 32.1 Å². The van der Waals surface area contributed by atoms with Crippen LogP contribution in [0.4, 0.5) is 4.79 Å². The van der Waals surface area contributed by atoms with Gasteiger partial charge in [-0.05, 0) is 12.8 Å². The molecule has 2 rings (SSSR count). The predicted octanol–water partition coefficient (Wildman–Crippen LogP) is -0.330. The molecule has 0 aromatic carbocycles. The van der Waals surface area contributed by atoms with E-state index in [1.165, 1.54) is 4.90 Å². The average molecular weight is 299 g/mol. The Kier molecular flexibility index (Phi) is 4.66. The normalized spacial score (nSPS) is 25.7. The summed E-state index contributed by atoms with van der Waals surface area (Å²) in [5, 5.41) is 11.9. The summed E-state index contributed by atoms with van der Waals surface area (Å²) < 4.78 is 5.10. The van der Waals surface area contributed by atoms with Gasteiger partial charge in [-0.1, -0.05) is 12.8 Å². The molecule has 1 atom stereocenters. The molecule has 1 aliphatic heterocycles. The largest absolute Gasteiger partial charge is 0.479 e. The molecule has 1 unspecified atom stereocenters. The highest BCUT2D eigenvalue weighted by Gasteiger charge is 2.45. The number of rotatable bonds is 5. The SMILES string of the molecule is NC(=O)CN(C(=O)NC1(C(=O)O)CCOC1)C1CCCC1. The molecule has 4 N–H and O–H groups in total. The molecule has 0 bridgehead atoms. The number of primary amides is 1. The van der Waals surface area contributed by atoms with Gasteiger partial charge >= 0.3 is 12.0 Å². The molecule has 8 nitrogen and oxygen atoms in total. The maximum Gasteiger partial charge on any atom is 0.332 e. The Bertz CT molecular complexity index is 428. The first-order valence-corrected chi connectivity index (χ1v) is 7.13. The molecule has 1 saturated carbocycles. The summed E-state index contributed by atoms with van der Waals surface area (Å²) in [7, 11) is 0. The monoisotopic (exact) mass is 299 g/mol. The topological polar surface area (TPSA) is 122 Å². The lowest BCUT2D eigenvalue weighted by molar-refractivity contribution is -0.144. The van der Waals surface area contributed by atoms with Gasteiger partial charge in [0.25, 0.3) is 0 Å². The van der Waals surface area contributed by atoms with Gasteiger partial charge in [-0.15, -0.1) is 0 Å². The number of aliphatic carboxylic acids is 1. The van der Waals surface area contributed by atoms with Gasteiger partial charge in [-0.25, -0.2) is 9.59 Å². The Hall–Kier alpha value is -1.83. The molecule has 0 aromatic rings. The van der Waals surface area contributed by atoms with Crippen molar-refractivity contribution in [3.63, 3.8) is 0 Å². The number of amides is 3. The second-order valence-electron chi connectivity index (χ2n) is 5.65. The summed E-state index contributed by atoms with van der Waals surface area (Å²) in [5.41, 5.74) is 3.79. The number of carbonyl (C=O) groups excluding carboxylic acids is 2. The van der Waals surface area contributed by atoms with Crippen molar-refractivity contribution in [2.45, 2.75) is 43.7 Å². The van der Waals surface area contributed by atoms with E-state index in [-0.39, 0.29) is 32.2 Å². The zero-order valence-corrected chi connectivity index (χ0v) is 11.8. The number of carboxylic acids is 1. The van der Waals surface area contributed by atoms with E-state index in [4.69, 9.17) is 10.5 Å². The van der Waals surface area contributed by atoms with E-state index in [1.807, 2.05) is 0 Å². The van der Waals surface area contributed by atoms with E-state index < -0.39 is 23.4 Å². The van der Waals surface area contributed by atoms with Crippen LogP contribution in [0.25, 0.3) is 0 Å². The van der Waals surface area contributed by atoms with Crippen molar-refractivity contribution in [1.29, 1.82) is 0 Å². The van der Waals surface area contributed by atoms with E-state index in [1.54, 1.807) is 0 Å². The predicted molar refractivity (Wildman–Crippen MR) is 72.5 cm³/mol. The summed E-state index contributed by atoms with van der Waals surface area (Å²) in [6.07, 6.45) is 3.79. The Balaban J connectivity index is 2.09. The lowest BCUT2D eigenvalue weighted by Gasteiger charge is -2.32. The smallest absolute Gasteiger partial charge is 0.332 e. The number of urea groups is 1. The van der Waals surface area contributed by atoms with Gasteiger partial charge in [0.1, 0.15) is 6.54 Å². The van der Waals surface area contributed by atoms with E-state index in [0.717, 1.165) is 25.7 Å². The minimum atomic E-state index is -1.41. The van der Waals surface area contributed by atoms with Gasteiger partial charge in [0.15, 0.2) is 5.54 Å².